The van der Waals surface area contributed by atoms with Crippen LogP contribution >= 0.6 is 0 Å². The van der Waals surface area contributed by atoms with Gasteiger partial charge < -0.3 is 20.1 Å². The summed E-state index contributed by atoms with van der Waals surface area (Å²) in [4.78, 5) is 8.70. The minimum absolute atomic E-state index is 0.0853. The molecule has 0 aliphatic carbocycles. The molecule has 1 aliphatic rings. The fraction of sp³-hybridized carbons (Fsp3) is 0.226. The number of fused-ring (bicyclic) bond motifs is 1. The maximum absolute atomic E-state index is 6.15. The van der Waals surface area contributed by atoms with E-state index in [-0.39, 0.29) is 6.04 Å². The number of nitrogens with zero attached hydrogens (tertiary/aromatic N) is 2. The number of nitrogens with one attached hydrogen (secondary N) is 2. The van der Waals surface area contributed by atoms with E-state index in [0.29, 0.717) is 12.6 Å². The van der Waals surface area contributed by atoms with Gasteiger partial charge in [0.25, 0.3) is 0 Å². The molecule has 6 heteroatoms. The molecule has 0 fully saturated rings. The fourth-order valence-corrected chi connectivity index (χ4v) is 4.58. The Balaban J connectivity index is 1.38. The van der Waals surface area contributed by atoms with Crippen molar-refractivity contribution in [2.24, 2.45) is 0 Å². The molecule has 2 heterocycles. The summed E-state index contributed by atoms with van der Waals surface area (Å²) < 4.78 is 11.9. The monoisotopic (exact) mass is 492 g/mol. The standard InChI is InChI=1S/C31H32N4O2/c1-21-9-10-24(26-18-34-31(32-2)35-19-26)15-23(21)11-12-28-27-17-29(36-3)30(16-25(27)13-14-33-28)37-20-22-7-5-4-6-8-22/h4-12,15-19,28,33H,13-14,20H2,1-3H3,(H,32,34,35)/b12-11+. The van der Waals surface area contributed by atoms with Crippen molar-refractivity contribution in [1.82, 2.24) is 15.3 Å². The van der Waals surface area contributed by atoms with Gasteiger partial charge in [0, 0.05) is 31.5 Å². The Morgan fingerprint density at radius 1 is 1.00 bits per heavy atom. The second-order valence-corrected chi connectivity index (χ2v) is 9.13. The molecule has 2 N–H and O–H groups in total. The lowest BCUT2D eigenvalue weighted by molar-refractivity contribution is 0.283. The highest BCUT2D eigenvalue weighted by Crippen LogP contribution is 2.36. The number of hydrogen-bond acceptors (Lipinski definition) is 6. The van der Waals surface area contributed by atoms with E-state index in [0.717, 1.165) is 41.2 Å². The average Bonchev–Trinajstić information content (AvgIpc) is 2.95. The SMILES string of the molecule is CNc1ncc(-c2ccc(C)c(/C=C/C3NCCc4cc(OCc5ccccc5)c(OC)cc43)c2)cn1. The molecular formula is C31H32N4O2. The average molecular weight is 493 g/mol. The molecule has 0 bridgehead atoms. The van der Waals surface area contributed by atoms with Crippen molar-refractivity contribution in [2.75, 3.05) is 26.0 Å². The first kappa shape index (κ1) is 24.5. The number of benzene rings is 3. The molecule has 3 aromatic carbocycles. The van der Waals surface area contributed by atoms with Gasteiger partial charge >= 0.3 is 0 Å². The number of anilines is 1. The molecule has 37 heavy (non-hydrogen) atoms. The van der Waals surface area contributed by atoms with Crippen molar-refractivity contribution < 1.29 is 9.47 Å². The van der Waals surface area contributed by atoms with E-state index in [4.69, 9.17) is 9.47 Å². The Bertz CT molecular complexity index is 1380. The lowest BCUT2D eigenvalue weighted by Gasteiger charge is -2.26. The number of aromatic nitrogens is 2. The van der Waals surface area contributed by atoms with Crippen molar-refractivity contribution in [2.45, 2.75) is 26.0 Å². The second-order valence-electron chi connectivity index (χ2n) is 9.13. The summed E-state index contributed by atoms with van der Waals surface area (Å²) in [5.41, 5.74) is 8.09. The van der Waals surface area contributed by atoms with Crippen LogP contribution in [0.1, 0.15) is 33.9 Å². The van der Waals surface area contributed by atoms with E-state index in [1.807, 2.05) is 37.6 Å². The van der Waals surface area contributed by atoms with Crippen LogP contribution in [0, 0.1) is 6.92 Å². The van der Waals surface area contributed by atoms with Gasteiger partial charge in [-0.2, -0.15) is 0 Å². The maximum atomic E-state index is 6.15. The van der Waals surface area contributed by atoms with Crippen LogP contribution in [0.15, 0.2) is 79.1 Å². The van der Waals surface area contributed by atoms with Gasteiger partial charge in [-0.25, -0.2) is 9.97 Å². The summed E-state index contributed by atoms with van der Waals surface area (Å²) in [7, 11) is 3.51. The third-order valence-corrected chi connectivity index (χ3v) is 6.71. The zero-order valence-corrected chi connectivity index (χ0v) is 21.5. The van der Waals surface area contributed by atoms with Gasteiger partial charge in [-0.3, -0.25) is 0 Å². The predicted molar refractivity (Wildman–Crippen MR) is 149 cm³/mol. The van der Waals surface area contributed by atoms with Gasteiger partial charge in [0.2, 0.25) is 5.95 Å². The first-order valence-corrected chi connectivity index (χ1v) is 12.5. The minimum atomic E-state index is 0.0853. The summed E-state index contributed by atoms with van der Waals surface area (Å²) >= 11 is 0. The molecule has 0 spiro atoms. The molecular weight excluding hydrogens is 460 g/mol. The second kappa shape index (κ2) is 11.3. The van der Waals surface area contributed by atoms with Gasteiger partial charge in [0.1, 0.15) is 6.61 Å². The van der Waals surface area contributed by atoms with Crippen molar-refractivity contribution in [3.05, 3.63) is 107 Å². The largest absolute Gasteiger partial charge is 0.493 e. The number of methoxy groups -OCH3 is 1. The van der Waals surface area contributed by atoms with Crippen LogP contribution in [-0.2, 0) is 13.0 Å². The smallest absolute Gasteiger partial charge is 0.222 e. The Morgan fingerprint density at radius 3 is 2.57 bits per heavy atom. The number of hydrogen-bond donors (Lipinski definition) is 2. The van der Waals surface area contributed by atoms with Crippen LogP contribution < -0.4 is 20.1 Å². The van der Waals surface area contributed by atoms with Crippen molar-refractivity contribution in [1.29, 1.82) is 0 Å². The number of rotatable bonds is 8. The van der Waals surface area contributed by atoms with E-state index in [2.05, 4.69) is 82.1 Å². The molecule has 188 valence electrons. The zero-order valence-electron chi connectivity index (χ0n) is 21.5. The number of ether oxygens (including phenoxy) is 2. The summed E-state index contributed by atoms with van der Waals surface area (Å²) in [6, 6.07) is 21.0. The van der Waals surface area contributed by atoms with Crippen molar-refractivity contribution >= 4 is 12.0 Å². The molecule has 1 aromatic heterocycles. The van der Waals surface area contributed by atoms with E-state index < -0.39 is 0 Å². The Morgan fingerprint density at radius 2 is 1.81 bits per heavy atom. The van der Waals surface area contributed by atoms with Gasteiger partial charge in [0.05, 0.1) is 13.2 Å². The highest BCUT2D eigenvalue weighted by molar-refractivity contribution is 5.68. The molecule has 5 rings (SSSR count). The van der Waals surface area contributed by atoms with E-state index in [1.54, 1.807) is 7.11 Å². The molecule has 1 unspecified atom stereocenters. The molecule has 1 aliphatic heterocycles. The van der Waals surface area contributed by atoms with Gasteiger partial charge in [-0.1, -0.05) is 54.6 Å². The molecule has 6 nitrogen and oxygen atoms in total. The Hall–Kier alpha value is -4.16. The summed E-state index contributed by atoms with van der Waals surface area (Å²) in [6.07, 6.45) is 9.07. The van der Waals surface area contributed by atoms with Crippen LogP contribution in [0.25, 0.3) is 17.2 Å². The molecule has 0 radical (unpaired) electrons. The van der Waals surface area contributed by atoms with Crippen LogP contribution in [0.2, 0.25) is 0 Å². The van der Waals surface area contributed by atoms with E-state index >= 15 is 0 Å². The van der Waals surface area contributed by atoms with Crippen LogP contribution in [0.4, 0.5) is 5.95 Å². The molecule has 1 atom stereocenters. The predicted octanol–water partition coefficient (Wildman–Crippen LogP) is 5.98. The van der Waals surface area contributed by atoms with Gasteiger partial charge in [-0.05, 0) is 64.9 Å². The minimum Gasteiger partial charge on any atom is -0.493 e. The first-order valence-electron chi connectivity index (χ1n) is 12.5. The van der Waals surface area contributed by atoms with Crippen molar-refractivity contribution in [3.8, 4) is 22.6 Å². The Labute approximate surface area is 218 Å². The molecule has 0 amide bonds. The third kappa shape index (κ3) is 5.65. The quantitative estimate of drug-likeness (QED) is 0.315. The third-order valence-electron chi connectivity index (χ3n) is 6.71. The summed E-state index contributed by atoms with van der Waals surface area (Å²) in [5.74, 6) is 2.15. The first-order chi connectivity index (χ1) is 18.1. The topological polar surface area (TPSA) is 68.3 Å². The normalized spacial score (nSPS) is 14.8. The lowest BCUT2D eigenvalue weighted by atomic mass is 9.92. The van der Waals surface area contributed by atoms with Crippen LogP contribution in [0.5, 0.6) is 11.5 Å². The molecule has 4 aromatic rings. The molecule has 0 saturated heterocycles. The maximum Gasteiger partial charge on any atom is 0.222 e. The summed E-state index contributed by atoms with van der Waals surface area (Å²) in [5, 5.41) is 6.60. The van der Waals surface area contributed by atoms with E-state index in [1.165, 1.54) is 22.3 Å². The number of aryl methyl sites for hydroxylation is 1. The van der Waals surface area contributed by atoms with Gasteiger partial charge in [-0.15, -0.1) is 0 Å². The Kier molecular flexibility index (Phi) is 7.47. The fourth-order valence-electron chi connectivity index (χ4n) is 4.58. The lowest BCUT2D eigenvalue weighted by Crippen LogP contribution is -2.28. The highest BCUT2D eigenvalue weighted by Gasteiger charge is 2.21. The zero-order chi connectivity index (χ0) is 25.6. The van der Waals surface area contributed by atoms with E-state index in [9.17, 15) is 0 Å². The van der Waals surface area contributed by atoms with Crippen molar-refractivity contribution in [3.63, 3.8) is 0 Å². The van der Waals surface area contributed by atoms with Gasteiger partial charge in [0.15, 0.2) is 11.5 Å². The highest BCUT2D eigenvalue weighted by atomic mass is 16.5. The van der Waals surface area contributed by atoms with Crippen LogP contribution in [-0.4, -0.2) is 30.7 Å². The van der Waals surface area contributed by atoms with Crippen LogP contribution in [0.3, 0.4) is 0 Å². The summed E-state index contributed by atoms with van der Waals surface area (Å²) in [6.45, 7) is 3.54. The molecule has 0 saturated carbocycles.